The summed E-state index contributed by atoms with van der Waals surface area (Å²) < 4.78 is 63.9. The number of halogens is 3. The zero-order valence-corrected chi connectivity index (χ0v) is 13.0. The molecule has 12 heteroatoms. The van der Waals surface area contributed by atoms with Gasteiger partial charge in [-0.1, -0.05) is 13.3 Å². The highest BCUT2D eigenvalue weighted by atomic mass is 32.2. The van der Waals surface area contributed by atoms with Crippen molar-refractivity contribution in [2.24, 2.45) is 9.81 Å². The van der Waals surface area contributed by atoms with Gasteiger partial charge in [0, 0.05) is 6.42 Å². The summed E-state index contributed by atoms with van der Waals surface area (Å²) >= 11 is 0. The third kappa shape index (κ3) is 5.95. The fourth-order valence-electron chi connectivity index (χ4n) is 1.53. The molecule has 0 aromatic rings. The van der Waals surface area contributed by atoms with E-state index in [0.717, 1.165) is 0 Å². The first-order valence-electron chi connectivity index (χ1n) is 6.42. The largest absolute Gasteiger partial charge is 0.861 e. The van der Waals surface area contributed by atoms with Crippen molar-refractivity contribution in [1.29, 1.82) is 0 Å². The van der Waals surface area contributed by atoms with Gasteiger partial charge in [0.15, 0.2) is 0 Å². The van der Waals surface area contributed by atoms with Gasteiger partial charge in [-0.15, -0.1) is 0 Å². The van der Waals surface area contributed by atoms with Gasteiger partial charge in [0.25, 0.3) is 0 Å². The maximum atomic E-state index is 12.0. The molecule has 0 atom stereocenters. The van der Waals surface area contributed by atoms with Gasteiger partial charge in [0.05, 0.1) is 19.8 Å². The van der Waals surface area contributed by atoms with Crippen LogP contribution in [0.15, 0.2) is 4.40 Å². The first-order chi connectivity index (χ1) is 10.5. The molecule has 0 aliphatic carbocycles. The fraction of sp³-hybridized carbons (Fsp3) is 0.818. The Kier molecular flexibility index (Phi) is 7.94. The van der Waals surface area contributed by atoms with E-state index in [9.17, 15) is 41.7 Å². The molecule has 0 bridgehead atoms. The molecule has 8 nitrogen and oxygen atoms in total. The number of rotatable bonds is 9. The number of esters is 1. The van der Waals surface area contributed by atoms with Crippen molar-refractivity contribution in [3.63, 3.8) is 0 Å². The van der Waals surface area contributed by atoms with Crippen molar-refractivity contribution in [3.05, 3.63) is 0 Å². The topological polar surface area (TPSA) is 136 Å². The van der Waals surface area contributed by atoms with Crippen LogP contribution in [-0.2, 0) is 19.6 Å². The van der Waals surface area contributed by atoms with Crippen LogP contribution in [0.1, 0.15) is 26.2 Å². The number of carbonyl (C=O) groups is 1. The van der Waals surface area contributed by atoms with E-state index >= 15 is 0 Å². The standard InChI is InChI=1S/C11H18F3NO7S/c1-2-4-10(6-16,7-17)9(19)22-5-3-8(18)15-23(20,21)11(12,13)14/h16-17H,2-7H2,1H3,(H,15,18)/p-1. The maximum absolute atomic E-state index is 12.0. The summed E-state index contributed by atoms with van der Waals surface area (Å²) in [6, 6.07) is 0. The van der Waals surface area contributed by atoms with Crippen LogP contribution in [-0.4, -0.2) is 55.8 Å². The van der Waals surface area contributed by atoms with Crippen LogP contribution >= 0.6 is 0 Å². The number of sulfonamides is 1. The van der Waals surface area contributed by atoms with Gasteiger partial charge in [-0.25, -0.2) is 0 Å². The molecular weight excluding hydrogens is 347 g/mol. The molecule has 0 saturated heterocycles. The molecule has 0 unspecified atom stereocenters. The molecule has 23 heavy (non-hydrogen) atoms. The first-order valence-corrected chi connectivity index (χ1v) is 7.86. The Bertz CT molecular complexity index is 526. The second kappa shape index (κ2) is 8.45. The smallest absolute Gasteiger partial charge is 0.518 e. The van der Waals surface area contributed by atoms with Crippen LogP contribution < -0.4 is 5.11 Å². The Balaban J connectivity index is 4.75. The molecule has 2 N–H and O–H groups in total. The van der Waals surface area contributed by atoms with Crippen molar-refractivity contribution in [2.75, 3.05) is 19.8 Å². The summed E-state index contributed by atoms with van der Waals surface area (Å²) in [4.78, 5) is 11.8. The lowest BCUT2D eigenvalue weighted by Gasteiger charge is -2.27. The van der Waals surface area contributed by atoms with Crippen LogP contribution in [0.25, 0.3) is 0 Å². The van der Waals surface area contributed by atoms with Gasteiger partial charge in [-0.2, -0.15) is 26.0 Å². The highest BCUT2D eigenvalue weighted by Crippen LogP contribution is 2.25. The van der Waals surface area contributed by atoms with Crippen molar-refractivity contribution >= 4 is 21.9 Å². The molecule has 0 radical (unpaired) electrons. The van der Waals surface area contributed by atoms with Gasteiger partial charge in [0.1, 0.15) is 5.41 Å². The fourth-order valence-corrected chi connectivity index (χ4v) is 2.00. The van der Waals surface area contributed by atoms with Gasteiger partial charge in [-0.05, 0) is 12.3 Å². The van der Waals surface area contributed by atoms with Crippen molar-refractivity contribution in [1.82, 2.24) is 0 Å². The first kappa shape index (κ1) is 21.6. The summed E-state index contributed by atoms with van der Waals surface area (Å²) in [5, 5.41) is 29.4. The number of alkyl halides is 3. The van der Waals surface area contributed by atoms with Crippen LogP contribution in [0.5, 0.6) is 0 Å². The van der Waals surface area contributed by atoms with E-state index in [1.807, 2.05) is 4.40 Å². The van der Waals surface area contributed by atoms with Gasteiger partial charge < -0.3 is 20.1 Å². The van der Waals surface area contributed by atoms with Crippen molar-refractivity contribution in [3.8, 4) is 0 Å². The van der Waals surface area contributed by atoms with Crippen molar-refractivity contribution < 1.29 is 46.4 Å². The van der Waals surface area contributed by atoms with Gasteiger partial charge in [0.2, 0.25) is 0 Å². The summed E-state index contributed by atoms with van der Waals surface area (Å²) in [6.07, 6.45) is -0.381. The minimum Gasteiger partial charge on any atom is -0.861 e. The molecule has 0 aliphatic rings. The van der Waals surface area contributed by atoms with Crippen LogP contribution in [0.2, 0.25) is 0 Å². The summed E-state index contributed by atoms with van der Waals surface area (Å²) in [6.45, 7) is -0.508. The van der Waals surface area contributed by atoms with E-state index in [2.05, 4.69) is 4.74 Å². The van der Waals surface area contributed by atoms with Crippen LogP contribution in [0.4, 0.5) is 13.2 Å². The monoisotopic (exact) mass is 364 g/mol. The quantitative estimate of drug-likeness (QED) is 0.313. The summed E-state index contributed by atoms with van der Waals surface area (Å²) in [5.74, 6) is -2.68. The Hall–Kier alpha value is -1.40. The molecule has 0 spiro atoms. The minimum absolute atomic E-state index is 0.0829. The molecule has 136 valence electrons. The Labute approximate surface area is 130 Å². The third-order valence-corrected chi connectivity index (χ3v) is 3.86. The van der Waals surface area contributed by atoms with E-state index in [1.165, 1.54) is 0 Å². The second-order valence-corrected chi connectivity index (χ2v) is 6.23. The van der Waals surface area contributed by atoms with E-state index in [0.29, 0.717) is 6.42 Å². The number of nitrogens with zero attached hydrogens (tertiary/aromatic N) is 1. The average molecular weight is 364 g/mol. The Morgan fingerprint density at radius 3 is 2.17 bits per heavy atom. The minimum atomic E-state index is -5.94. The van der Waals surface area contributed by atoms with Gasteiger partial charge >= 0.3 is 21.5 Å². The van der Waals surface area contributed by atoms with Crippen LogP contribution in [0, 0.1) is 5.41 Å². The lowest BCUT2D eigenvalue weighted by atomic mass is 9.85. The highest BCUT2D eigenvalue weighted by molar-refractivity contribution is 7.91. The lowest BCUT2D eigenvalue weighted by molar-refractivity contribution is -0.219. The predicted molar refractivity (Wildman–Crippen MR) is 69.5 cm³/mol. The number of aliphatic hydroxyl groups excluding tert-OH is 2. The zero-order chi connectivity index (χ0) is 18.3. The Morgan fingerprint density at radius 1 is 1.26 bits per heavy atom. The number of aliphatic hydroxyl groups is 2. The van der Waals surface area contributed by atoms with E-state index in [1.54, 1.807) is 6.92 Å². The van der Waals surface area contributed by atoms with E-state index in [-0.39, 0.29) is 6.42 Å². The van der Waals surface area contributed by atoms with Gasteiger partial charge in [-0.3, -0.25) is 4.79 Å². The SMILES string of the molecule is CCCC(CO)(CO)C(=O)OCC/C([O-])=N/S(=O)(=O)C(F)(F)F. The molecule has 0 fully saturated rings. The average Bonchev–Trinajstić information content (AvgIpc) is 2.42. The van der Waals surface area contributed by atoms with E-state index in [4.69, 9.17) is 0 Å². The number of hydrogen-bond acceptors (Lipinski definition) is 7. The molecule has 0 saturated carbocycles. The third-order valence-electron chi connectivity index (χ3n) is 2.83. The second-order valence-electron chi connectivity index (χ2n) is 4.64. The molecule has 0 heterocycles. The lowest BCUT2D eigenvalue weighted by Crippen LogP contribution is -2.40. The number of hydrogen-bond donors (Lipinski definition) is 2. The van der Waals surface area contributed by atoms with Crippen molar-refractivity contribution in [2.45, 2.75) is 31.7 Å². The normalized spacial score (nSPS) is 13.9. The maximum Gasteiger partial charge on any atom is 0.518 e. The molecule has 0 aliphatic heterocycles. The predicted octanol–water partition coefficient (Wildman–Crippen LogP) is -0.701. The molecule has 0 aromatic carbocycles. The molecule has 0 aromatic heterocycles. The van der Waals surface area contributed by atoms with E-state index < -0.39 is 59.1 Å². The zero-order valence-electron chi connectivity index (χ0n) is 12.2. The van der Waals surface area contributed by atoms with Crippen LogP contribution in [0.3, 0.4) is 0 Å². The Morgan fingerprint density at radius 2 is 1.78 bits per heavy atom. The highest BCUT2D eigenvalue weighted by Gasteiger charge is 2.45. The summed E-state index contributed by atoms with van der Waals surface area (Å²) in [7, 11) is -5.94. The number of ether oxygens (including phenoxy) is 1. The molecule has 0 rings (SSSR count). The molecular formula is C11H17F3NO7S-. The number of carbonyl (C=O) groups excluding carboxylic acids is 1. The molecule has 0 amide bonds. The summed E-state index contributed by atoms with van der Waals surface area (Å²) in [5.41, 5.74) is -7.28.